The Hall–Kier alpha value is -2.96. The van der Waals surface area contributed by atoms with E-state index in [1.165, 1.54) is 34.1 Å². The molecule has 0 saturated heterocycles. The molecular weight excluding hydrogens is 432 g/mol. The van der Waals surface area contributed by atoms with Crippen molar-refractivity contribution in [3.05, 3.63) is 77.4 Å². The third-order valence-corrected chi connectivity index (χ3v) is 7.67. The molecule has 5 aromatic rings. The summed E-state index contributed by atoms with van der Waals surface area (Å²) in [6, 6.07) is 21.0. The Kier molecular flexibility index (Phi) is 5.04. The number of benzene rings is 2. The number of hydrogen-bond acceptors (Lipinski definition) is 6. The van der Waals surface area contributed by atoms with E-state index in [9.17, 15) is 0 Å². The maximum atomic E-state index is 5.19. The first-order valence-electron chi connectivity index (χ1n) is 10.8. The highest BCUT2D eigenvalue weighted by Gasteiger charge is 2.25. The fourth-order valence-electron chi connectivity index (χ4n) is 4.57. The molecular formula is C26H22N4S2. The molecule has 0 aliphatic heterocycles. The molecule has 2 aromatic carbocycles. The fraction of sp³-hybridized carbons (Fsp3) is 0.192. The number of fused-ring (bicyclic) bond motifs is 5. The zero-order valence-electron chi connectivity index (χ0n) is 17.8. The van der Waals surface area contributed by atoms with E-state index in [0.29, 0.717) is 0 Å². The van der Waals surface area contributed by atoms with Crippen LogP contribution in [0.5, 0.6) is 0 Å². The molecule has 3 heterocycles. The van der Waals surface area contributed by atoms with E-state index in [2.05, 4.69) is 59.9 Å². The maximum absolute atomic E-state index is 5.19. The summed E-state index contributed by atoms with van der Waals surface area (Å²) in [6.45, 7) is 0.732. The van der Waals surface area contributed by atoms with Gasteiger partial charge in [0.15, 0.2) is 5.16 Å². The summed E-state index contributed by atoms with van der Waals surface area (Å²) in [5.41, 5.74) is 7.44. The molecule has 0 saturated carbocycles. The first kappa shape index (κ1) is 19.7. The molecule has 158 valence electrons. The van der Waals surface area contributed by atoms with E-state index in [1.54, 1.807) is 23.1 Å². The highest BCUT2D eigenvalue weighted by atomic mass is 32.2. The minimum absolute atomic E-state index is 0.732. The van der Waals surface area contributed by atoms with Crippen LogP contribution < -0.4 is 5.32 Å². The van der Waals surface area contributed by atoms with Crippen LogP contribution in [0.15, 0.2) is 65.8 Å². The molecule has 0 bridgehead atoms. The zero-order valence-corrected chi connectivity index (χ0v) is 19.4. The summed E-state index contributed by atoms with van der Waals surface area (Å²) in [4.78, 5) is 16.0. The van der Waals surface area contributed by atoms with Crippen LogP contribution in [-0.4, -0.2) is 21.2 Å². The van der Waals surface area contributed by atoms with Gasteiger partial charge in [-0.1, -0.05) is 72.4 Å². The number of hydrogen-bond donors (Lipinski definition) is 1. The van der Waals surface area contributed by atoms with Crippen molar-refractivity contribution in [2.45, 2.75) is 31.0 Å². The minimum atomic E-state index is 0.732. The van der Waals surface area contributed by atoms with Crippen LogP contribution in [-0.2, 0) is 19.4 Å². The highest BCUT2D eigenvalue weighted by molar-refractivity contribution is 7.98. The first-order valence-corrected chi connectivity index (χ1v) is 12.9. The van der Waals surface area contributed by atoms with Crippen LogP contribution in [0.3, 0.4) is 0 Å². The molecule has 0 spiro atoms. The van der Waals surface area contributed by atoms with Crippen LogP contribution in [0.25, 0.3) is 31.7 Å². The van der Waals surface area contributed by atoms with Gasteiger partial charge < -0.3 is 5.32 Å². The van der Waals surface area contributed by atoms with Crippen LogP contribution in [0.1, 0.15) is 23.1 Å². The molecule has 32 heavy (non-hydrogen) atoms. The van der Waals surface area contributed by atoms with Gasteiger partial charge >= 0.3 is 0 Å². The van der Waals surface area contributed by atoms with Crippen LogP contribution in [0.4, 0.5) is 5.82 Å². The average Bonchev–Trinajstić information content (AvgIpc) is 3.47. The summed E-state index contributed by atoms with van der Waals surface area (Å²) < 4.78 is 1.10. The predicted octanol–water partition coefficient (Wildman–Crippen LogP) is 6.73. The normalized spacial score (nSPS) is 13.0. The molecule has 0 unspecified atom stereocenters. The van der Waals surface area contributed by atoms with Gasteiger partial charge in [-0.25, -0.2) is 15.0 Å². The second-order valence-corrected chi connectivity index (χ2v) is 9.77. The molecule has 0 amide bonds. The molecule has 6 heteroatoms. The van der Waals surface area contributed by atoms with Crippen LogP contribution >= 0.6 is 23.1 Å². The highest BCUT2D eigenvalue weighted by Crippen LogP contribution is 2.44. The van der Waals surface area contributed by atoms with Gasteiger partial charge in [0, 0.05) is 17.5 Å². The Labute approximate surface area is 195 Å². The van der Waals surface area contributed by atoms with E-state index >= 15 is 0 Å². The number of thiophene rings is 1. The lowest BCUT2D eigenvalue weighted by Gasteiger charge is -2.10. The zero-order chi connectivity index (χ0) is 21.5. The van der Waals surface area contributed by atoms with E-state index in [1.807, 2.05) is 12.3 Å². The molecule has 4 nitrogen and oxygen atoms in total. The van der Waals surface area contributed by atoms with Gasteiger partial charge in [0.05, 0.1) is 15.9 Å². The number of aromatic nitrogens is 3. The van der Waals surface area contributed by atoms with Crippen molar-refractivity contribution in [1.29, 1.82) is 0 Å². The number of rotatable bonds is 5. The lowest BCUT2D eigenvalue weighted by Crippen LogP contribution is -2.03. The standard InChI is InChI=1S/C26H22N4S2/c1-31-26-29-22-20-18-13-8-14-19(18)21(17-11-6-3-7-12-17)28-25(20)32-23(22)24(30-26)27-15-16-9-4-2-5-10-16/h2-7,9-12H,8,13-15H2,1H3,(H,27,29,30). The number of nitrogens with zero attached hydrogens (tertiary/aromatic N) is 3. The van der Waals surface area contributed by atoms with Gasteiger partial charge in [-0.05, 0) is 42.2 Å². The largest absolute Gasteiger partial charge is 0.365 e. The molecule has 0 radical (unpaired) electrons. The van der Waals surface area contributed by atoms with Crippen molar-refractivity contribution in [3.63, 3.8) is 0 Å². The summed E-state index contributed by atoms with van der Waals surface area (Å²) in [6.07, 6.45) is 5.38. The molecule has 6 rings (SSSR count). The minimum Gasteiger partial charge on any atom is -0.365 e. The molecule has 1 aliphatic carbocycles. The van der Waals surface area contributed by atoms with Crippen LogP contribution in [0.2, 0.25) is 0 Å². The number of pyridine rings is 1. The number of nitrogens with one attached hydrogen (secondary N) is 1. The van der Waals surface area contributed by atoms with Gasteiger partial charge in [-0.3, -0.25) is 0 Å². The predicted molar refractivity (Wildman–Crippen MR) is 136 cm³/mol. The first-order chi connectivity index (χ1) is 15.8. The second kappa shape index (κ2) is 8.19. The van der Waals surface area contributed by atoms with Gasteiger partial charge in [0.25, 0.3) is 0 Å². The van der Waals surface area contributed by atoms with E-state index < -0.39 is 0 Å². The van der Waals surface area contributed by atoms with Gasteiger partial charge in [-0.2, -0.15) is 0 Å². The van der Waals surface area contributed by atoms with Crippen molar-refractivity contribution < 1.29 is 0 Å². The Morgan fingerprint density at radius 1 is 0.906 bits per heavy atom. The summed E-state index contributed by atoms with van der Waals surface area (Å²) in [5.74, 6) is 0.902. The molecule has 0 fully saturated rings. The Morgan fingerprint density at radius 3 is 2.44 bits per heavy atom. The van der Waals surface area contributed by atoms with Crippen molar-refractivity contribution >= 4 is 49.3 Å². The summed E-state index contributed by atoms with van der Waals surface area (Å²) in [7, 11) is 0. The monoisotopic (exact) mass is 454 g/mol. The van der Waals surface area contributed by atoms with Crippen LogP contribution in [0, 0.1) is 0 Å². The summed E-state index contributed by atoms with van der Waals surface area (Å²) in [5, 5.41) is 5.60. The lowest BCUT2D eigenvalue weighted by molar-refractivity contribution is 0.913. The van der Waals surface area contributed by atoms with E-state index in [4.69, 9.17) is 15.0 Å². The molecule has 0 atom stereocenters. The third kappa shape index (κ3) is 3.34. The summed E-state index contributed by atoms with van der Waals surface area (Å²) >= 11 is 3.30. The fourth-order valence-corrected chi connectivity index (χ4v) is 6.05. The SMILES string of the molecule is CSc1nc(NCc2ccccc2)c2sc3nc(-c4ccccc4)c4c(c3c2n1)CCC4. The van der Waals surface area contributed by atoms with Gasteiger partial charge in [0.2, 0.25) is 0 Å². The molecule has 3 aromatic heterocycles. The van der Waals surface area contributed by atoms with Crippen molar-refractivity contribution in [2.24, 2.45) is 0 Å². The molecule has 1 aliphatic rings. The third-order valence-electron chi connectivity index (χ3n) is 6.05. The smallest absolute Gasteiger partial charge is 0.189 e. The van der Waals surface area contributed by atoms with Crippen molar-refractivity contribution in [1.82, 2.24) is 15.0 Å². The van der Waals surface area contributed by atoms with Crippen molar-refractivity contribution in [2.75, 3.05) is 11.6 Å². The molecule has 1 N–H and O–H groups in total. The van der Waals surface area contributed by atoms with Gasteiger partial charge in [0.1, 0.15) is 10.6 Å². The Balaban J connectivity index is 1.55. The Bertz CT molecular complexity index is 1430. The lowest BCUT2D eigenvalue weighted by atomic mass is 10.0. The number of thioether (sulfide) groups is 1. The topological polar surface area (TPSA) is 50.7 Å². The van der Waals surface area contributed by atoms with Gasteiger partial charge in [-0.15, -0.1) is 11.3 Å². The quantitative estimate of drug-likeness (QED) is 0.236. The number of aryl methyl sites for hydroxylation is 1. The van der Waals surface area contributed by atoms with E-state index in [0.717, 1.165) is 51.1 Å². The van der Waals surface area contributed by atoms with E-state index in [-0.39, 0.29) is 0 Å². The maximum Gasteiger partial charge on any atom is 0.189 e. The second-order valence-electron chi connectivity index (χ2n) is 8.00. The van der Waals surface area contributed by atoms with Crippen molar-refractivity contribution in [3.8, 4) is 11.3 Å². The number of anilines is 1. The average molecular weight is 455 g/mol. The Morgan fingerprint density at radius 2 is 1.66 bits per heavy atom.